The monoisotopic (exact) mass is 386 g/mol. The zero-order chi connectivity index (χ0) is 19.5. The maximum absolute atomic E-state index is 12.1. The van der Waals surface area contributed by atoms with E-state index in [0.29, 0.717) is 5.56 Å². The highest BCUT2D eigenvalue weighted by molar-refractivity contribution is 7.90. The van der Waals surface area contributed by atoms with E-state index in [1.807, 2.05) is 0 Å². The molecule has 6 nitrogen and oxygen atoms in total. The third-order valence-electron chi connectivity index (χ3n) is 3.08. The van der Waals surface area contributed by atoms with Crippen LogP contribution in [0.2, 0.25) is 0 Å². The fourth-order valence-corrected chi connectivity index (χ4v) is 2.88. The second-order valence-electron chi connectivity index (χ2n) is 4.91. The van der Waals surface area contributed by atoms with Crippen LogP contribution in [0.25, 0.3) is 6.08 Å². The van der Waals surface area contributed by atoms with Crippen LogP contribution in [0.15, 0.2) is 53.9 Å². The van der Waals surface area contributed by atoms with Crippen LogP contribution >= 0.6 is 0 Å². The van der Waals surface area contributed by atoms with Crippen molar-refractivity contribution in [2.24, 2.45) is 0 Å². The second-order valence-corrected chi connectivity index (χ2v) is 6.60. The predicted molar refractivity (Wildman–Crippen MR) is 83.8 cm³/mol. The van der Waals surface area contributed by atoms with Crippen LogP contribution in [0, 0.1) is 0 Å². The summed E-state index contributed by atoms with van der Waals surface area (Å²) in [5.41, 5.74) is 0.0471. The zero-order valence-electron chi connectivity index (χ0n) is 12.9. The van der Waals surface area contributed by atoms with Crippen molar-refractivity contribution in [3.8, 4) is 11.5 Å². The Balaban J connectivity index is 2.20. The number of carbonyl (C=O) groups excluding carboxylic acids is 1. The first kappa shape index (κ1) is 19.3. The summed E-state index contributed by atoms with van der Waals surface area (Å²) in [6, 6.07) is 6.88. The number of sulfonamides is 1. The van der Waals surface area contributed by atoms with E-state index in [9.17, 15) is 31.5 Å². The van der Waals surface area contributed by atoms with Gasteiger partial charge >= 0.3 is 6.36 Å². The standard InChI is InChI=1S/C16H12F3NO5S/c1-2-10-3-8-13(14(21)9-10)15(22)20-26(23,24)12-6-4-11(5-7-12)25-16(17,18)19/h2-9,21H,1H2,(H,20,22)/p-1. The Morgan fingerprint density at radius 3 is 2.27 bits per heavy atom. The second kappa shape index (κ2) is 7.08. The molecule has 0 saturated carbocycles. The summed E-state index contributed by atoms with van der Waals surface area (Å²) in [4.78, 5) is 11.5. The summed E-state index contributed by atoms with van der Waals surface area (Å²) >= 11 is 0. The molecule has 0 radical (unpaired) electrons. The minimum Gasteiger partial charge on any atom is -0.872 e. The van der Waals surface area contributed by atoms with Gasteiger partial charge in [0.25, 0.3) is 15.9 Å². The largest absolute Gasteiger partial charge is 0.872 e. The summed E-state index contributed by atoms with van der Waals surface area (Å²) in [6.07, 6.45) is -3.54. The molecule has 0 atom stereocenters. The number of halogens is 3. The van der Waals surface area contributed by atoms with Gasteiger partial charge in [0.15, 0.2) is 0 Å². The van der Waals surface area contributed by atoms with Crippen molar-refractivity contribution < 1.29 is 36.2 Å². The lowest BCUT2D eigenvalue weighted by Crippen LogP contribution is -2.31. The van der Waals surface area contributed by atoms with Crippen LogP contribution in [0.5, 0.6) is 11.5 Å². The summed E-state index contributed by atoms with van der Waals surface area (Å²) < 4.78 is 65.9. The molecule has 0 aliphatic rings. The van der Waals surface area contributed by atoms with Crippen LogP contribution < -0.4 is 14.6 Å². The molecule has 1 amide bonds. The van der Waals surface area contributed by atoms with Crippen LogP contribution in [0.4, 0.5) is 13.2 Å². The van der Waals surface area contributed by atoms with Gasteiger partial charge in [0.05, 0.1) is 4.90 Å². The van der Waals surface area contributed by atoms with E-state index in [-0.39, 0.29) is 0 Å². The molecule has 10 heteroatoms. The molecule has 0 fully saturated rings. The molecule has 26 heavy (non-hydrogen) atoms. The van der Waals surface area contributed by atoms with E-state index < -0.39 is 44.3 Å². The molecule has 0 heterocycles. The average molecular weight is 386 g/mol. The van der Waals surface area contributed by atoms with E-state index in [4.69, 9.17) is 0 Å². The lowest BCUT2D eigenvalue weighted by atomic mass is 10.1. The topological polar surface area (TPSA) is 95.5 Å². The van der Waals surface area contributed by atoms with E-state index in [1.54, 1.807) is 4.72 Å². The highest BCUT2D eigenvalue weighted by Crippen LogP contribution is 2.24. The summed E-state index contributed by atoms with van der Waals surface area (Å²) in [5, 5.41) is 11.8. The predicted octanol–water partition coefficient (Wildman–Crippen LogP) is 2.42. The van der Waals surface area contributed by atoms with Gasteiger partial charge in [-0.15, -0.1) is 13.2 Å². The van der Waals surface area contributed by atoms with Crippen molar-refractivity contribution in [3.63, 3.8) is 0 Å². The minimum atomic E-state index is -4.92. The number of hydrogen-bond donors (Lipinski definition) is 1. The fourth-order valence-electron chi connectivity index (χ4n) is 1.91. The molecule has 1 N–H and O–H groups in total. The van der Waals surface area contributed by atoms with Gasteiger partial charge in [-0.25, -0.2) is 13.1 Å². The van der Waals surface area contributed by atoms with Gasteiger partial charge in [-0.05, 0) is 35.9 Å². The Kier molecular flexibility index (Phi) is 5.26. The van der Waals surface area contributed by atoms with E-state index >= 15 is 0 Å². The molecule has 0 unspecified atom stereocenters. The number of rotatable bonds is 5. The normalized spacial score (nSPS) is 11.7. The third kappa shape index (κ3) is 4.76. The molecule has 0 saturated heterocycles. The molecule has 2 aromatic rings. The van der Waals surface area contributed by atoms with Gasteiger partial charge < -0.3 is 9.84 Å². The van der Waals surface area contributed by atoms with Crippen molar-refractivity contribution >= 4 is 22.0 Å². The summed E-state index contributed by atoms with van der Waals surface area (Å²) in [6.45, 7) is 3.46. The average Bonchev–Trinajstić information content (AvgIpc) is 2.53. The molecule has 138 valence electrons. The number of benzene rings is 2. The third-order valence-corrected chi connectivity index (χ3v) is 4.43. The molecule has 0 aliphatic carbocycles. The van der Waals surface area contributed by atoms with Crippen LogP contribution in [-0.2, 0) is 10.0 Å². The fraction of sp³-hybridized carbons (Fsp3) is 0.0625. The van der Waals surface area contributed by atoms with E-state index in [1.165, 1.54) is 12.1 Å². The molecule has 2 rings (SSSR count). The van der Waals surface area contributed by atoms with Gasteiger partial charge in [0.2, 0.25) is 0 Å². The Hall–Kier alpha value is -3.01. The van der Waals surface area contributed by atoms with E-state index in [0.717, 1.165) is 36.4 Å². The molecule has 0 aliphatic heterocycles. The van der Waals surface area contributed by atoms with Crippen LogP contribution in [0.3, 0.4) is 0 Å². The molecular formula is C16H11F3NO5S-. The van der Waals surface area contributed by atoms with Crippen molar-refractivity contribution in [2.45, 2.75) is 11.3 Å². The molecule has 0 bridgehead atoms. The number of alkyl halides is 3. The highest BCUT2D eigenvalue weighted by atomic mass is 32.2. The number of amides is 1. The van der Waals surface area contributed by atoms with Crippen molar-refractivity contribution in [2.75, 3.05) is 0 Å². The van der Waals surface area contributed by atoms with Crippen LogP contribution in [-0.4, -0.2) is 20.7 Å². The quantitative estimate of drug-likeness (QED) is 0.852. The van der Waals surface area contributed by atoms with Gasteiger partial charge in [0, 0.05) is 5.56 Å². The lowest BCUT2D eigenvalue weighted by molar-refractivity contribution is -0.274. The maximum atomic E-state index is 12.1. The molecule has 0 spiro atoms. The van der Waals surface area contributed by atoms with Gasteiger partial charge in [-0.1, -0.05) is 30.5 Å². The summed E-state index contributed by atoms with van der Waals surface area (Å²) in [7, 11) is -4.40. The summed E-state index contributed by atoms with van der Waals surface area (Å²) in [5.74, 6) is -2.49. The minimum absolute atomic E-state index is 0.406. The lowest BCUT2D eigenvalue weighted by Gasteiger charge is -2.14. The van der Waals surface area contributed by atoms with E-state index in [2.05, 4.69) is 11.3 Å². The van der Waals surface area contributed by atoms with Crippen molar-refractivity contribution in [1.29, 1.82) is 0 Å². The molecule has 2 aromatic carbocycles. The number of ether oxygens (including phenoxy) is 1. The first-order valence-corrected chi connectivity index (χ1v) is 8.36. The van der Waals surface area contributed by atoms with Gasteiger partial charge in [-0.2, -0.15) is 0 Å². The molecule has 0 aromatic heterocycles. The van der Waals surface area contributed by atoms with Crippen molar-refractivity contribution in [3.05, 3.63) is 60.2 Å². The first-order chi connectivity index (χ1) is 12.0. The molecular weight excluding hydrogens is 375 g/mol. The Morgan fingerprint density at radius 2 is 1.77 bits per heavy atom. The van der Waals surface area contributed by atoms with Gasteiger partial charge in [0.1, 0.15) is 5.75 Å². The first-order valence-electron chi connectivity index (χ1n) is 6.88. The van der Waals surface area contributed by atoms with Crippen molar-refractivity contribution in [1.82, 2.24) is 4.72 Å². The van der Waals surface area contributed by atoms with Gasteiger partial charge in [-0.3, -0.25) is 4.79 Å². The number of hydrogen-bond acceptors (Lipinski definition) is 5. The number of nitrogens with one attached hydrogen (secondary N) is 1. The highest BCUT2D eigenvalue weighted by Gasteiger charge is 2.31. The van der Waals surface area contributed by atoms with Crippen LogP contribution in [0.1, 0.15) is 15.9 Å². The Morgan fingerprint density at radius 1 is 1.15 bits per heavy atom. The maximum Gasteiger partial charge on any atom is 0.573 e. The Labute approximate surface area is 146 Å². The SMILES string of the molecule is C=Cc1ccc(C(=O)NS(=O)(=O)c2ccc(OC(F)(F)F)cc2)c([O-])c1. The zero-order valence-corrected chi connectivity index (χ0v) is 13.7. The smallest absolute Gasteiger partial charge is 0.573 e. The Bertz CT molecular complexity index is 937. The number of carbonyl (C=O) groups is 1.